The zero-order chi connectivity index (χ0) is 17.9. The molecule has 1 aromatic rings. The zero-order valence-corrected chi connectivity index (χ0v) is 13.8. The second kappa shape index (κ2) is 7.15. The largest absolute Gasteiger partial charge is 0.303 e. The Kier molecular flexibility index (Phi) is 6.18. The van der Waals surface area contributed by atoms with E-state index in [2.05, 4.69) is 0 Å². The molecule has 0 atom stereocenters. The van der Waals surface area contributed by atoms with E-state index in [4.69, 9.17) is 0 Å². The summed E-state index contributed by atoms with van der Waals surface area (Å²) in [4.78, 5) is -0.480. The molecule has 0 unspecified atom stereocenters. The van der Waals surface area contributed by atoms with Crippen molar-refractivity contribution in [3.8, 4) is 0 Å². The van der Waals surface area contributed by atoms with E-state index in [1.54, 1.807) is 0 Å². The Morgan fingerprint density at radius 2 is 1.17 bits per heavy atom. The van der Waals surface area contributed by atoms with E-state index in [-0.39, 0.29) is 0 Å². The normalized spacial score (nSPS) is 13.4. The SMILES string of the molecule is O=S(=O)(F)CCN(CCS(=O)(=O)F)S(=O)(=O)c1ccc(F)cc1. The first-order valence-electron chi connectivity index (χ1n) is 5.92. The van der Waals surface area contributed by atoms with Gasteiger partial charge in [-0.3, -0.25) is 0 Å². The molecule has 0 bridgehead atoms. The summed E-state index contributed by atoms with van der Waals surface area (Å²) >= 11 is 0. The highest BCUT2D eigenvalue weighted by molar-refractivity contribution is 7.89. The van der Waals surface area contributed by atoms with E-state index < -0.39 is 65.8 Å². The maximum Gasteiger partial charge on any atom is 0.303 e. The van der Waals surface area contributed by atoms with Crippen molar-refractivity contribution in [2.24, 2.45) is 0 Å². The zero-order valence-electron chi connectivity index (χ0n) is 11.4. The molecule has 0 aliphatic carbocycles. The molecule has 0 radical (unpaired) electrons. The van der Waals surface area contributed by atoms with Crippen LogP contribution in [0.5, 0.6) is 0 Å². The number of benzene rings is 1. The third-order valence-corrected chi connectivity index (χ3v) is 5.87. The molecule has 0 aromatic heterocycles. The van der Waals surface area contributed by atoms with Crippen LogP contribution in [0.4, 0.5) is 12.2 Å². The predicted molar refractivity (Wildman–Crippen MR) is 74.9 cm³/mol. The van der Waals surface area contributed by atoms with E-state index in [0.29, 0.717) is 4.31 Å². The third kappa shape index (κ3) is 6.85. The molecule has 0 fully saturated rings. The maximum atomic E-state index is 12.8. The molecule has 0 spiro atoms. The average Bonchev–Trinajstić information content (AvgIpc) is 2.36. The second-order valence-electron chi connectivity index (χ2n) is 4.34. The van der Waals surface area contributed by atoms with Gasteiger partial charge < -0.3 is 0 Å². The minimum atomic E-state index is -5.03. The summed E-state index contributed by atoms with van der Waals surface area (Å²) in [6, 6.07) is 3.32. The van der Waals surface area contributed by atoms with Crippen LogP contribution in [0.2, 0.25) is 0 Å². The summed E-state index contributed by atoms with van der Waals surface area (Å²) < 4.78 is 105. The van der Waals surface area contributed by atoms with Gasteiger partial charge in [0, 0.05) is 13.1 Å². The van der Waals surface area contributed by atoms with Crippen molar-refractivity contribution < 1.29 is 37.4 Å². The van der Waals surface area contributed by atoms with Crippen LogP contribution in [0.3, 0.4) is 0 Å². The Balaban J connectivity index is 3.12. The lowest BCUT2D eigenvalue weighted by atomic mass is 10.4. The molecule has 0 amide bonds. The number of hydrogen-bond acceptors (Lipinski definition) is 6. The number of sulfonamides is 1. The molecule has 7 nitrogen and oxygen atoms in total. The summed E-state index contributed by atoms with van der Waals surface area (Å²) in [6.45, 7) is -1.85. The minimum absolute atomic E-state index is 0.300. The van der Waals surface area contributed by atoms with Crippen LogP contribution < -0.4 is 0 Å². The highest BCUT2D eigenvalue weighted by atomic mass is 32.3. The minimum Gasteiger partial charge on any atom is -0.207 e. The van der Waals surface area contributed by atoms with Crippen LogP contribution in [0, 0.1) is 5.82 Å². The van der Waals surface area contributed by atoms with Gasteiger partial charge >= 0.3 is 20.4 Å². The Bertz CT molecular complexity index is 814. The number of halogens is 3. The highest BCUT2D eigenvalue weighted by Gasteiger charge is 2.27. The van der Waals surface area contributed by atoms with Crippen molar-refractivity contribution in [3.63, 3.8) is 0 Å². The molecule has 0 saturated heterocycles. The van der Waals surface area contributed by atoms with Gasteiger partial charge in [0.1, 0.15) is 5.82 Å². The molecule has 1 aromatic carbocycles. The Labute approximate surface area is 132 Å². The lowest BCUT2D eigenvalue weighted by Gasteiger charge is -2.20. The van der Waals surface area contributed by atoms with E-state index in [1.807, 2.05) is 0 Å². The van der Waals surface area contributed by atoms with Crippen molar-refractivity contribution in [1.29, 1.82) is 0 Å². The van der Waals surface area contributed by atoms with Crippen LogP contribution in [0.25, 0.3) is 0 Å². The van der Waals surface area contributed by atoms with Gasteiger partial charge in [-0.15, -0.1) is 7.77 Å². The molecule has 0 aliphatic rings. The van der Waals surface area contributed by atoms with Crippen molar-refractivity contribution in [1.82, 2.24) is 4.31 Å². The van der Waals surface area contributed by atoms with E-state index in [9.17, 15) is 37.4 Å². The molecule has 0 aliphatic heterocycles. The van der Waals surface area contributed by atoms with Crippen molar-refractivity contribution >= 4 is 30.5 Å². The smallest absolute Gasteiger partial charge is 0.207 e. The number of hydrogen-bond donors (Lipinski definition) is 0. The van der Waals surface area contributed by atoms with Crippen molar-refractivity contribution in [2.45, 2.75) is 4.90 Å². The van der Waals surface area contributed by atoms with E-state index in [0.717, 1.165) is 24.3 Å². The average molecular weight is 395 g/mol. The lowest BCUT2D eigenvalue weighted by Crippen LogP contribution is -2.37. The summed E-state index contributed by atoms with van der Waals surface area (Å²) in [6.07, 6.45) is 0. The first-order chi connectivity index (χ1) is 10.3. The van der Waals surface area contributed by atoms with Crippen LogP contribution >= 0.6 is 0 Å². The highest BCUT2D eigenvalue weighted by Crippen LogP contribution is 2.17. The van der Waals surface area contributed by atoms with Crippen LogP contribution in [-0.2, 0) is 30.5 Å². The topological polar surface area (TPSA) is 106 Å². The molecular weight excluding hydrogens is 383 g/mol. The summed E-state index contributed by atoms with van der Waals surface area (Å²) in [5, 5.41) is 0. The monoisotopic (exact) mass is 395 g/mol. The van der Waals surface area contributed by atoms with Crippen LogP contribution in [-0.4, -0.2) is 54.2 Å². The van der Waals surface area contributed by atoms with Crippen LogP contribution in [0.1, 0.15) is 0 Å². The Hall–Kier alpha value is -1.18. The molecule has 13 heteroatoms. The molecule has 132 valence electrons. The third-order valence-electron chi connectivity index (χ3n) is 2.62. The fourth-order valence-corrected chi connectivity index (χ4v) is 4.08. The van der Waals surface area contributed by atoms with Gasteiger partial charge in [0.05, 0.1) is 16.4 Å². The first kappa shape index (κ1) is 19.9. The van der Waals surface area contributed by atoms with Gasteiger partial charge in [0.2, 0.25) is 10.0 Å². The quantitative estimate of drug-likeness (QED) is 0.591. The van der Waals surface area contributed by atoms with Crippen molar-refractivity contribution in [3.05, 3.63) is 30.1 Å². The molecular formula is C10H12F3NO6S3. The molecule has 23 heavy (non-hydrogen) atoms. The Morgan fingerprint density at radius 3 is 1.52 bits per heavy atom. The number of nitrogens with zero attached hydrogens (tertiary/aromatic N) is 1. The summed E-state index contributed by atoms with van der Waals surface area (Å²) in [5.41, 5.74) is 0. The standard InChI is InChI=1S/C10H12F3NO6S3/c11-9-1-3-10(4-2-9)23(19,20)14(5-7-21(12,15)16)6-8-22(13,17)18/h1-4H,5-8H2. The maximum absolute atomic E-state index is 12.8. The van der Waals surface area contributed by atoms with Crippen LogP contribution in [0.15, 0.2) is 29.2 Å². The second-order valence-corrected chi connectivity index (χ2v) is 9.25. The fraction of sp³-hybridized carbons (Fsp3) is 0.400. The van der Waals surface area contributed by atoms with E-state index in [1.165, 1.54) is 0 Å². The molecule has 0 N–H and O–H groups in total. The summed E-state index contributed by atoms with van der Waals surface area (Å²) in [7, 11) is -14.5. The molecule has 0 saturated carbocycles. The lowest BCUT2D eigenvalue weighted by molar-refractivity contribution is 0.438. The van der Waals surface area contributed by atoms with Gasteiger partial charge in [-0.25, -0.2) is 12.8 Å². The molecule has 0 heterocycles. The van der Waals surface area contributed by atoms with Gasteiger partial charge in [0.25, 0.3) is 0 Å². The fourth-order valence-electron chi connectivity index (χ4n) is 1.53. The predicted octanol–water partition coefficient (Wildman–Crippen LogP) is 0.415. The van der Waals surface area contributed by atoms with Gasteiger partial charge in [-0.05, 0) is 24.3 Å². The van der Waals surface area contributed by atoms with Gasteiger partial charge in [-0.2, -0.15) is 21.1 Å². The summed E-state index contributed by atoms with van der Waals surface area (Å²) in [5.74, 6) is -3.22. The Morgan fingerprint density at radius 1 is 0.783 bits per heavy atom. The first-order valence-corrected chi connectivity index (χ1v) is 10.5. The van der Waals surface area contributed by atoms with E-state index >= 15 is 0 Å². The van der Waals surface area contributed by atoms with Gasteiger partial charge in [-0.1, -0.05) is 0 Å². The van der Waals surface area contributed by atoms with Crippen molar-refractivity contribution in [2.75, 3.05) is 24.6 Å². The molecule has 1 rings (SSSR count). The number of rotatable bonds is 8. The van der Waals surface area contributed by atoms with Gasteiger partial charge in [0.15, 0.2) is 0 Å².